The van der Waals surface area contributed by atoms with Gasteiger partial charge in [-0.25, -0.2) is 4.39 Å². The molecule has 0 radical (unpaired) electrons. The predicted octanol–water partition coefficient (Wildman–Crippen LogP) is 2.90. The molecular weight excluding hydrogens is 205 g/mol. The van der Waals surface area contributed by atoms with Gasteiger partial charge in [0.1, 0.15) is 17.3 Å². The van der Waals surface area contributed by atoms with E-state index in [1.54, 1.807) is 12.1 Å². The number of hydrogen-bond acceptors (Lipinski definition) is 2. The Balaban J connectivity index is 1.89. The van der Waals surface area contributed by atoms with Crippen molar-refractivity contribution in [3.05, 3.63) is 48.0 Å². The van der Waals surface area contributed by atoms with Gasteiger partial charge in [-0.15, -0.1) is 0 Å². The van der Waals surface area contributed by atoms with E-state index in [4.69, 9.17) is 10.2 Å². The molecule has 82 valence electrons. The maximum atomic E-state index is 12.7. The third-order valence-electron chi connectivity index (χ3n) is 2.96. The molecule has 1 aromatic heterocycles. The fourth-order valence-electron chi connectivity index (χ4n) is 1.86. The van der Waals surface area contributed by atoms with E-state index in [9.17, 15) is 4.39 Å². The molecule has 1 aliphatic carbocycles. The molecule has 3 rings (SSSR count). The molecule has 3 heteroatoms. The average Bonchev–Trinajstić information content (AvgIpc) is 2.82. The summed E-state index contributed by atoms with van der Waals surface area (Å²) in [6.07, 6.45) is 0.996. The van der Waals surface area contributed by atoms with Gasteiger partial charge in [-0.1, -0.05) is 0 Å². The molecule has 0 amide bonds. The van der Waals surface area contributed by atoms with Crippen molar-refractivity contribution in [2.75, 3.05) is 0 Å². The van der Waals surface area contributed by atoms with Gasteiger partial charge >= 0.3 is 0 Å². The summed E-state index contributed by atoms with van der Waals surface area (Å²) in [5, 5.41) is 0. The fraction of sp³-hybridized carbons (Fsp3) is 0.231. The standard InChI is InChI=1S/C13H12FNO/c14-9-3-1-8(2-4-9)12-5-6-13(16-12)10-7-11(10)15/h1-6,10-11H,7,15H2. The lowest BCUT2D eigenvalue weighted by atomic mass is 10.2. The number of halogens is 1. The summed E-state index contributed by atoms with van der Waals surface area (Å²) in [4.78, 5) is 0. The minimum atomic E-state index is -0.236. The molecule has 1 aliphatic rings. The second kappa shape index (κ2) is 3.46. The molecule has 0 saturated heterocycles. The molecule has 0 aliphatic heterocycles. The first-order valence-electron chi connectivity index (χ1n) is 5.35. The minimum absolute atomic E-state index is 0.236. The fourth-order valence-corrected chi connectivity index (χ4v) is 1.86. The van der Waals surface area contributed by atoms with Crippen molar-refractivity contribution >= 4 is 0 Å². The van der Waals surface area contributed by atoms with Gasteiger partial charge in [-0.3, -0.25) is 0 Å². The van der Waals surface area contributed by atoms with Crippen LogP contribution in [-0.2, 0) is 0 Å². The second-order valence-electron chi connectivity index (χ2n) is 4.21. The highest BCUT2D eigenvalue weighted by Crippen LogP contribution is 2.40. The maximum absolute atomic E-state index is 12.7. The highest BCUT2D eigenvalue weighted by Gasteiger charge is 2.37. The van der Waals surface area contributed by atoms with Crippen molar-refractivity contribution < 1.29 is 8.81 Å². The van der Waals surface area contributed by atoms with Crippen molar-refractivity contribution in [3.63, 3.8) is 0 Å². The number of furan rings is 1. The van der Waals surface area contributed by atoms with Gasteiger partial charge in [-0.2, -0.15) is 0 Å². The normalized spacial score (nSPS) is 23.4. The third kappa shape index (κ3) is 1.63. The van der Waals surface area contributed by atoms with Gasteiger partial charge in [0.15, 0.2) is 0 Å². The molecule has 2 atom stereocenters. The smallest absolute Gasteiger partial charge is 0.134 e. The lowest BCUT2D eigenvalue weighted by Crippen LogP contribution is -2.00. The third-order valence-corrected chi connectivity index (χ3v) is 2.96. The Labute approximate surface area is 92.9 Å². The van der Waals surface area contributed by atoms with Crippen LogP contribution in [0.1, 0.15) is 18.1 Å². The van der Waals surface area contributed by atoms with E-state index in [0.717, 1.165) is 23.5 Å². The highest BCUT2D eigenvalue weighted by atomic mass is 19.1. The quantitative estimate of drug-likeness (QED) is 0.840. The number of hydrogen-bond donors (Lipinski definition) is 1. The molecule has 2 nitrogen and oxygen atoms in total. The SMILES string of the molecule is NC1CC1c1ccc(-c2ccc(F)cc2)o1. The van der Waals surface area contributed by atoms with Crippen LogP contribution in [0.15, 0.2) is 40.8 Å². The molecule has 1 saturated carbocycles. The molecular formula is C13H12FNO. The first-order chi connectivity index (χ1) is 7.74. The van der Waals surface area contributed by atoms with Gasteiger partial charge in [0.25, 0.3) is 0 Å². The summed E-state index contributed by atoms with van der Waals surface area (Å²) >= 11 is 0. The number of rotatable bonds is 2. The lowest BCUT2D eigenvalue weighted by Gasteiger charge is -1.96. The molecule has 1 aromatic carbocycles. The van der Waals surface area contributed by atoms with E-state index in [1.165, 1.54) is 12.1 Å². The summed E-state index contributed by atoms with van der Waals surface area (Å²) in [6, 6.07) is 10.4. The van der Waals surface area contributed by atoms with Crippen molar-refractivity contribution in [2.24, 2.45) is 5.73 Å². The van der Waals surface area contributed by atoms with Gasteiger partial charge < -0.3 is 10.2 Å². The van der Waals surface area contributed by atoms with Crippen molar-refractivity contribution in [3.8, 4) is 11.3 Å². The largest absolute Gasteiger partial charge is 0.461 e. The Morgan fingerprint density at radius 2 is 1.81 bits per heavy atom. The van der Waals surface area contributed by atoms with E-state index in [2.05, 4.69) is 0 Å². The van der Waals surface area contributed by atoms with Crippen LogP contribution in [0, 0.1) is 5.82 Å². The Morgan fingerprint density at radius 3 is 2.44 bits per heavy atom. The molecule has 0 bridgehead atoms. The van der Waals surface area contributed by atoms with Crippen LogP contribution in [0.25, 0.3) is 11.3 Å². The zero-order valence-electron chi connectivity index (χ0n) is 8.69. The van der Waals surface area contributed by atoms with Gasteiger partial charge in [0.2, 0.25) is 0 Å². The molecule has 1 fully saturated rings. The van der Waals surface area contributed by atoms with E-state index >= 15 is 0 Å². The zero-order valence-corrected chi connectivity index (χ0v) is 8.69. The van der Waals surface area contributed by atoms with E-state index in [-0.39, 0.29) is 11.9 Å². The summed E-state index contributed by atoms with van der Waals surface area (Å²) in [5.41, 5.74) is 6.65. The maximum Gasteiger partial charge on any atom is 0.134 e. The Kier molecular flexibility index (Phi) is 2.07. The molecule has 1 heterocycles. The van der Waals surface area contributed by atoms with Crippen LogP contribution in [0.2, 0.25) is 0 Å². The minimum Gasteiger partial charge on any atom is -0.461 e. The molecule has 16 heavy (non-hydrogen) atoms. The number of nitrogens with two attached hydrogens (primary N) is 1. The summed E-state index contributed by atoms with van der Waals surface area (Å²) in [5.74, 6) is 1.84. The van der Waals surface area contributed by atoms with Crippen molar-refractivity contribution in [2.45, 2.75) is 18.4 Å². The first kappa shape index (κ1) is 9.60. The highest BCUT2D eigenvalue weighted by molar-refractivity contribution is 5.57. The summed E-state index contributed by atoms with van der Waals surface area (Å²) in [6.45, 7) is 0. The average molecular weight is 217 g/mol. The van der Waals surface area contributed by atoms with Crippen molar-refractivity contribution in [1.82, 2.24) is 0 Å². The van der Waals surface area contributed by atoms with E-state index in [1.807, 2.05) is 12.1 Å². The number of benzene rings is 1. The molecule has 2 N–H and O–H groups in total. The molecule has 0 spiro atoms. The van der Waals surface area contributed by atoms with E-state index in [0.29, 0.717) is 5.92 Å². The Bertz CT molecular complexity index is 503. The van der Waals surface area contributed by atoms with Gasteiger partial charge in [-0.05, 0) is 42.8 Å². The van der Waals surface area contributed by atoms with Crippen LogP contribution in [0.4, 0.5) is 4.39 Å². The van der Waals surface area contributed by atoms with Crippen LogP contribution < -0.4 is 5.73 Å². The van der Waals surface area contributed by atoms with E-state index < -0.39 is 0 Å². The molecule has 2 unspecified atom stereocenters. The lowest BCUT2D eigenvalue weighted by molar-refractivity contribution is 0.522. The van der Waals surface area contributed by atoms with Gasteiger partial charge in [0, 0.05) is 17.5 Å². The summed E-state index contributed by atoms with van der Waals surface area (Å²) in [7, 11) is 0. The first-order valence-corrected chi connectivity index (χ1v) is 5.35. The Morgan fingerprint density at radius 1 is 1.12 bits per heavy atom. The van der Waals surface area contributed by atoms with Crippen molar-refractivity contribution in [1.29, 1.82) is 0 Å². The zero-order chi connectivity index (χ0) is 11.1. The van der Waals surface area contributed by atoms with Crippen LogP contribution in [0.3, 0.4) is 0 Å². The summed E-state index contributed by atoms with van der Waals surface area (Å²) < 4.78 is 18.5. The molecule has 2 aromatic rings. The van der Waals surface area contributed by atoms with Crippen LogP contribution in [-0.4, -0.2) is 6.04 Å². The predicted molar refractivity (Wildman–Crippen MR) is 59.4 cm³/mol. The Hall–Kier alpha value is -1.61. The van der Waals surface area contributed by atoms with Gasteiger partial charge in [0.05, 0.1) is 0 Å². The monoisotopic (exact) mass is 217 g/mol. The van der Waals surface area contributed by atoms with Crippen LogP contribution in [0.5, 0.6) is 0 Å². The topological polar surface area (TPSA) is 39.2 Å². The second-order valence-corrected chi connectivity index (χ2v) is 4.21. The van der Waals surface area contributed by atoms with Crippen LogP contribution >= 0.6 is 0 Å².